The predicted octanol–water partition coefficient (Wildman–Crippen LogP) is 4.88. The van der Waals surface area contributed by atoms with E-state index < -0.39 is 9.84 Å². The predicted molar refractivity (Wildman–Crippen MR) is 134 cm³/mol. The van der Waals surface area contributed by atoms with Crippen molar-refractivity contribution < 1.29 is 13.2 Å². The maximum absolute atomic E-state index is 11.9. The summed E-state index contributed by atoms with van der Waals surface area (Å²) < 4.78 is 34.1. The van der Waals surface area contributed by atoms with Crippen LogP contribution in [0.4, 0.5) is 0 Å². The van der Waals surface area contributed by atoms with Gasteiger partial charge < -0.3 is 9.30 Å². The monoisotopic (exact) mass is 484 g/mol. The van der Waals surface area contributed by atoms with Crippen LogP contribution in [0.5, 0.6) is 5.75 Å². The lowest BCUT2D eigenvalue weighted by molar-refractivity contribution is 0.157. The molecule has 2 aromatic carbocycles. The number of hydrogen-bond acceptors (Lipinski definition) is 5. The Morgan fingerprint density at radius 3 is 2.43 bits per heavy atom. The van der Waals surface area contributed by atoms with Crippen LogP contribution in [-0.4, -0.2) is 39.4 Å². The molecule has 0 aliphatic heterocycles. The molecule has 5 aromatic rings. The van der Waals surface area contributed by atoms with Gasteiger partial charge in [0.25, 0.3) is 0 Å². The lowest BCUT2D eigenvalue weighted by Crippen LogP contribution is -2.24. The second-order valence-corrected chi connectivity index (χ2v) is 11.1. The van der Waals surface area contributed by atoms with Gasteiger partial charge in [-0.3, -0.25) is 0 Å². The molecular formula is C27H24N4O3S. The first-order valence-electron chi connectivity index (χ1n) is 11.4. The van der Waals surface area contributed by atoms with E-state index in [4.69, 9.17) is 4.74 Å². The van der Waals surface area contributed by atoms with Crippen LogP contribution in [-0.2, 0) is 16.4 Å². The summed E-state index contributed by atoms with van der Waals surface area (Å²) >= 11 is 0. The largest absolute Gasteiger partial charge is 0.485 e. The lowest BCUT2D eigenvalue weighted by Gasteiger charge is -2.19. The minimum absolute atomic E-state index is 0.110. The molecule has 1 fully saturated rings. The highest BCUT2D eigenvalue weighted by Gasteiger charge is 2.45. The Bertz CT molecular complexity index is 1620. The van der Waals surface area contributed by atoms with Gasteiger partial charge in [-0.25, -0.2) is 17.9 Å². The maximum atomic E-state index is 11.9. The van der Waals surface area contributed by atoms with Crippen LogP contribution >= 0.6 is 0 Å². The molecule has 0 amide bonds. The summed E-state index contributed by atoms with van der Waals surface area (Å²) in [6, 6.07) is 19.0. The van der Waals surface area contributed by atoms with Crippen molar-refractivity contribution in [2.45, 2.75) is 29.9 Å². The van der Waals surface area contributed by atoms with Crippen LogP contribution in [0, 0.1) is 0 Å². The minimum atomic E-state index is -3.30. The Labute approximate surface area is 203 Å². The zero-order chi connectivity index (χ0) is 24.0. The molecule has 6 rings (SSSR count). The van der Waals surface area contributed by atoms with Gasteiger partial charge in [0.1, 0.15) is 11.4 Å². The van der Waals surface area contributed by atoms with Crippen LogP contribution in [0.2, 0.25) is 0 Å². The number of fused-ring (bicyclic) bond motifs is 1. The van der Waals surface area contributed by atoms with Gasteiger partial charge in [-0.05, 0) is 60.4 Å². The van der Waals surface area contributed by atoms with E-state index in [2.05, 4.69) is 27.0 Å². The number of hydrogen-bond donors (Lipinski definition) is 0. The molecule has 1 aliphatic rings. The van der Waals surface area contributed by atoms with Gasteiger partial charge >= 0.3 is 0 Å². The normalized spacial score (nSPS) is 14.8. The lowest BCUT2D eigenvalue weighted by atomic mass is 10.1. The standard InChI is InChI=1S/C27H24N4O3S/c1-35(32,33)24-6-4-5-21(15-24)25-17-29-31-18-22(16-28-26(25)31)20-7-9-23(10-8-20)34-27(11-12-27)19-30-13-2-3-14-30/h2-10,13-18H,11-12,19H2,1H3. The Hall–Kier alpha value is -3.91. The van der Waals surface area contributed by atoms with E-state index in [-0.39, 0.29) is 10.5 Å². The van der Waals surface area contributed by atoms with Gasteiger partial charge in [0.05, 0.1) is 17.6 Å². The number of rotatable bonds is 7. The molecule has 0 saturated heterocycles. The summed E-state index contributed by atoms with van der Waals surface area (Å²) in [7, 11) is -3.30. The van der Waals surface area contributed by atoms with Crippen molar-refractivity contribution >= 4 is 15.5 Å². The van der Waals surface area contributed by atoms with Crippen molar-refractivity contribution in [2.24, 2.45) is 0 Å². The van der Waals surface area contributed by atoms with Crippen molar-refractivity contribution in [1.82, 2.24) is 19.2 Å². The fourth-order valence-electron chi connectivity index (χ4n) is 4.33. The molecule has 0 atom stereocenters. The molecule has 0 radical (unpaired) electrons. The number of nitrogens with zero attached hydrogens (tertiary/aromatic N) is 4. The van der Waals surface area contributed by atoms with E-state index in [1.165, 1.54) is 6.26 Å². The van der Waals surface area contributed by atoms with E-state index >= 15 is 0 Å². The van der Waals surface area contributed by atoms with Crippen molar-refractivity contribution in [3.63, 3.8) is 0 Å². The van der Waals surface area contributed by atoms with Crippen LogP contribution in [0.15, 0.2) is 96.5 Å². The molecule has 1 aliphatic carbocycles. The van der Waals surface area contributed by atoms with Crippen molar-refractivity contribution in [3.8, 4) is 28.0 Å². The highest BCUT2D eigenvalue weighted by atomic mass is 32.2. The fourth-order valence-corrected chi connectivity index (χ4v) is 4.99. The highest BCUT2D eigenvalue weighted by Crippen LogP contribution is 2.42. The van der Waals surface area contributed by atoms with Gasteiger partial charge in [0, 0.05) is 42.2 Å². The third-order valence-corrected chi connectivity index (χ3v) is 7.51. The van der Waals surface area contributed by atoms with Gasteiger partial charge in [-0.1, -0.05) is 24.3 Å². The second kappa shape index (κ2) is 8.09. The first kappa shape index (κ1) is 21.6. The zero-order valence-electron chi connectivity index (χ0n) is 19.2. The summed E-state index contributed by atoms with van der Waals surface area (Å²) in [5.41, 5.74) is 4.04. The van der Waals surface area contributed by atoms with E-state index in [0.717, 1.165) is 47.4 Å². The number of benzene rings is 2. The molecule has 176 valence electrons. The van der Waals surface area contributed by atoms with E-state index in [9.17, 15) is 8.42 Å². The zero-order valence-corrected chi connectivity index (χ0v) is 20.0. The second-order valence-electron chi connectivity index (χ2n) is 9.13. The topological polar surface area (TPSA) is 78.5 Å². The van der Waals surface area contributed by atoms with Gasteiger partial charge in [0.2, 0.25) is 0 Å². The van der Waals surface area contributed by atoms with E-state index in [1.54, 1.807) is 28.9 Å². The van der Waals surface area contributed by atoms with E-state index in [0.29, 0.717) is 5.65 Å². The van der Waals surface area contributed by atoms with Crippen LogP contribution in [0.25, 0.3) is 27.9 Å². The number of sulfone groups is 1. The summed E-state index contributed by atoms with van der Waals surface area (Å²) in [5, 5.41) is 4.46. The average Bonchev–Trinajstić information content (AvgIpc) is 3.21. The molecule has 0 N–H and O–H groups in total. The summed E-state index contributed by atoms with van der Waals surface area (Å²) in [5.74, 6) is 0.861. The van der Waals surface area contributed by atoms with Crippen molar-refractivity contribution in [2.75, 3.05) is 6.26 Å². The summed E-state index contributed by atoms with van der Waals surface area (Å²) in [6.07, 6.45) is 12.9. The first-order chi connectivity index (χ1) is 16.9. The number of ether oxygens (including phenoxy) is 1. The third-order valence-electron chi connectivity index (χ3n) is 6.40. The fraction of sp³-hybridized carbons (Fsp3) is 0.185. The Morgan fingerprint density at radius 1 is 0.943 bits per heavy atom. The Balaban J connectivity index is 1.23. The van der Waals surface area contributed by atoms with E-state index in [1.807, 2.05) is 54.9 Å². The van der Waals surface area contributed by atoms with Gasteiger partial charge in [-0.15, -0.1) is 0 Å². The molecular weight excluding hydrogens is 460 g/mol. The van der Waals surface area contributed by atoms with Crippen LogP contribution in [0.3, 0.4) is 0 Å². The first-order valence-corrected chi connectivity index (χ1v) is 13.3. The van der Waals surface area contributed by atoms with Crippen LogP contribution < -0.4 is 4.74 Å². The SMILES string of the molecule is CS(=O)(=O)c1cccc(-c2cnn3cc(-c4ccc(OC5(Cn6cccc6)CC5)cc4)cnc23)c1. The third kappa shape index (κ3) is 4.33. The van der Waals surface area contributed by atoms with Crippen LogP contribution in [0.1, 0.15) is 12.8 Å². The molecule has 8 heteroatoms. The van der Waals surface area contributed by atoms with Gasteiger partial charge in [-0.2, -0.15) is 5.10 Å². The molecule has 1 saturated carbocycles. The molecule has 3 aromatic heterocycles. The smallest absolute Gasteiger partial charge is 0.175 e. The summed E-state index contributed by atoms with van der Waals surface area (Å²) in [4.78, 5) is 4.91. The molecule has 0 unspecified atom stereocenters. The highest BCUT2D eigenvalue weighted by molar-refractivity contribution is 7.90. The molecule has 0 spiro atoms. The molecule has 35 heavy (non-hydrogen) atoms. The summed E-state index contributed by atoms with van der Waals surface area (Å²) in [6.45, 7) is 0.858. The molecule has 0 bridgehead atoms. The minimum Gasteiger partial charge on any atom is -0.485 e. The molecule has 3 heterocycles. The van der Waals surface area contributed by atoms with Gasteiger partial charge in [0.15, 0.2) is 15.5 Å². The average molecular weight is 485 g/mol. The van der Waals surface area contributed by atoms with Crippen molar-refractivity contribution in [3.05, 3.63) is 91.6 Å². The Kier molecular flexibility index (Phi) is 5.00. The number of aromatic nitrogens is 4. The Morgan fingerprint density at radius 2 is 1.71 bits per heavy atom. The van der Waals surface area contributed by atoms with Crippen molar-refractivity contribution in [1.29, 1.82) is 0 Å². The molecule has 7 nitrogen and oxygen atoms in total. The quantitative estimate of drug-likeness (QED) is 0.329. The maximum Gasteiger partial charge on any atom is 0.175 e.